The molecule has 6 heteroatoms. The van der Waals surface area contributed by atoms with E-state index in [9.17, 15) is 14.4 Å². The minimum Gasteiger partial charge on any atom is -0.481 e. The van der Waals surface area contributed by atoms with Crippen molar-refractivity contribution in [1.29, 1.82) is 0 Å². The van der Waals surface area contributed by atoms with Crippen LogP contribution in [0.4, 0.5) is 16.2 Å². The summed E-state index contributed by atoms with van der Waals surface area (Å²) in [5.74, 6) is -0.746. The smallest absolute Gasteiger partial charge is 0.323 e. The van der Waals surface area contributed by atoms with Crippen LogP contribution in [-0.2, 0) is 17.6 Å². The van der Waals surface area contributed by atoms with Crippen LogP contribution in [0.1, 0.15) is 40.7 Å². The van der Waals surface area contributed by atoms with Crippen molar-refractivity contribution in [3.8, 4) is 0 Å². The van der Waals surface area contributed by atoms with Crippen LogP contribution in [0.25, 0.3) is 0 Å². The van der Waals surface area contributed by atoms with Gasteiger partial charge < -0.3 is 15.7 Å². The molecule has 0 saturated carbocycles. The van der Waals surface area contributed by atoms with E-state index < -0.39 is 12.0 Å². The molecule has 2 amide bonds. The lowest BCUT2D eigenvalue weighted by Gasteiger charge is -2.16. The number of carboxylic acid groups (broad SMARTS) is 1. The van der Waals surface area contributed by atoms with Gasteiger partial charge in [-0.25, -0.2) is 4.79 Å². The van der Waals surface area contributed by atoms with Gasteiger partial charge in [0.05, 0.1) is 0 Å². The number of carbonyl (C=O) groups is 3. The number of aliphatic carboxylic acids is 1. The van der Waals surface area contributed by atoms with Gasteiger partial charge in [0.2, 0.25) is 0 Å². The van der Waals surface area contributed by atoms with Gasteiger partial charge >= 0.3 is 12.0 Å². The SMILES string of the molecule is O=C(O)CCc1cccc(NC(=O)Nc2ccc3c(c2)C(=O)CCC3)c1. The molecule has 2 aromatic carbocycles. The third-order valence-electron chi connectivity index (χ3n) is 4.33. The summed E-state index contributed by atoms with van der Waals surface area (Å²) in [6.45, 7) is 0. The summed E-state index contributed by atoms with van der Waals surface area (Å²) in [6, 6.07) is 12.1. The molecule has 0 spiro atoms. The highest BCUT2D eigenvalue weighted by molar-refractivity contribution is 6.02. The summed E-state index contributed by atoms with van der Waals surface area (Å²) in [4.78, 5) is 34.9. The van der Waals surface area contributed by atoms with E-state index in [0.717, 1.165) is 24.0 Å². The van der Waals surface area contributed by atoms with Gasteiger partial charge in [-0.2, -0.15) is 0 Å². The highest BCUT2D eigenvalue weighted by Crippen LogP contribution is 2.24. The molecule has 0 heterocycles. The number of benzene rings is 2. The lowest BCUT2D eigenvalue weighted by Crippen LogP contribution is -2.20. The van der Waals surface area contributed by atoms with Gasteiger partial charge in [0.25, 0.3) is 0 Å². The van der Waals surface area contributed by atoms with Gasteiger partial charge in [-0.1, -0.05) is 18.2 Å². The fourth-order valence-corrected chi connectivity index (χ4v) is 3.06. The van der Waals surface area contributed by atoms with E-state index in [4.69, 9.17) is 5.11 Å². The predicted molar refractivity (Wildman–Crippen MR) is 98.8 cm³/mol. The maximum atomic E-state index is 12.2. The predicted octanol–water partition coefficient (Wildman–Crippen LogP) is 3.87. The molecule has 2 aromatic rings. The average Bonchev–Trinajstić information content (AvgIpc) is 2.61. The summed E-state index contributed by atoms with van der Waals surface area (Å²) in [6.07, 6.45) is 2.75. The van der Waals surface area contributed by atoms with Gasteiger partial charge in [-0.3, -0.25) is 9.59 Å². The lowest BCUT2D eigenvalue weighted by atomic mass is 9.90. The molecule has 0 fully saturated rings. The van der Waals surface area contributed by atoms with E-state index in [1.165, 1.54) is 0 Å². The van der Waals surface area contributed by atoms with Gasteiger partial charge in [-0.05, 0) is 54.7 Å². The maximum absolute atomic E-state index is 12.2. The Bertz CT molecular complexity index is 861. The van der Waals surface area contributed by atoms with Crippen LogP contribution < -0.4 is 10.6 Å². The van der Waals surface area contributed by atoms with Crippen LogP contribution in [0.3, 0.4) is 0 Å². The van der Waals surface area contributed by atoms with Gasteiger partial charge in [-0.15, -0.1) is 0 Å². The van der Waals surface area contributed by atoms with E-state index >= 15 is 0 Å². The zero-order valence-electron chi connectivity index (χ0n) is 14.2. The van der Waals surface area contributed by atoms with Gasteiger partial charge in [0.15, 0.2) is 5.78 Å². The minimum atomic E-state index is -0.858. The number of fused-ring (bicyclic) bond motifs is 1. The average molecular weight is 352 g/mol. The number of urea groups is 1. The second-order valence-corrected chi connectivity index (χ2v) is 6.32. The normalized spacial score (nSPS) is 13.0. The number of carboxylic acids is 1. The fourth-order valence-electron chi connectivity index (χ4n) is 3.06. The van der Waals surface area contributed by atoms with Crippen molar-refractivity contribution in [2.45, 2.75) is 32.1 Å². The zero-order valence-corrected chi connectivity index (χ0v) is 14.2. The van der Waals surface area contributed by atoms with Crippen molar-refractivity contribution in [3.05, 3.63) is 59.2 Å². The second kappa shape index (κ2) is 7.82. The molecule has 0 saturated heterocycles. The molecule has 26 heavy (non-hydrogen) atoms. The molecule has 0 unspecified atom stereocenters. The Hall–Kier alpha value is -3.15. The monoisotopic (exact) mass is 352 g/mol. The Kier molecular flexibility index (Phi) is 5.31. The number of anilines is 2. The number of nitrogens with one attached hydrogen (secondary N) is 2. The van der Waals surface area contributed by atoms with Crippen molar-refractivity contribution >= 4 is 29.2 Å². The van der Waals surface area contributed by atoms with Crippen LogP contribution >= 0.6 is 0 Å². The first-order chi connectivity index (χ1) is 12.5. The number of ketones is 1. The number of hydrogen-bond donors (Lipinski definition) is 3. The number of hydrogen-bond acceptors (Lipinski definition) is 3. The third kappa shape index (κ3) is 4.47. The number of aryl methyl sites for hydroxylation is 2. The standard InChI is InChI=1S/C20H20N2O4/c23-18-6-2-4-14-8-9-16(12-17(14)18)22-20(26)21-15-5-1-3-13(11-15)7-10-19(24)25/h1,3,5,8-9,11-12H,2,4,6-7,10H2,(H,24,25)(H2,21,22,26). The molecule has 0 aliphatic heterocycles. The van der Waals surface area contributed by atoms with Gasteiger partial charge in [0.1, 0.15) is 0 Å². The molecule has 134 valence electrons. The quantitative estimate of drug-likeness (QED) is 0.761. The Morgan fingerprint density at radius 3 is 2.54 bits per heavy atom. The van der Waals surface area contributed by atoms with E-state index in [-0.39, 0.29) is 12.2 Å². The van der Waals surface area contributed by atoms with Crippen LogP contribution in [0.5, 0.6) is 0 Å². The summed E-state index contributed by atoms with van der Waals surface area (Å²) in [5, 5.41) is 14.2. The topological polar surface area (TPSA) is 95.5 Å². The summed E-state index contributed by atoms with van der Waals surface area (Å²) in [7, 11) is 0. The molecule has 6 nitrogen and oxygen atoms in total. The van der Waals surface area contributed by atoms with Crippen molar-refractivity contribution in [1.82, 2.24) is 0 Å². The van der Waals surface area contributed by atoms with Crippen molar-refractivity contribution in [3.63, 3.8) is 0 Å². The first-order valence-electron chi connectivity index (χ1n) is 8.56. The van der Waals surface area contributed by atoms with Gasteiger partial charge in [0, 0.05) is 29.8 Å². The summed E-state index contributed by atoms with van der Waals surface area (Å²) in [5.41, 5.74) is 3.70. The van der Waals surface area contributed by atoms with Crippen LogP contribution in [0, 0.1) is 0 Å². The molecule has 0 bridgehead atoms. The Labute approximate surface area is 151 Å². The molecule has 3 N–H and O–H groups in total. The molecular formula is C20H20N2O4. The Balaban J connectivity index is 1.64. The first kappa shape index (κ1) is 17.7. The van der Waals surface area contributed by atoms with Crippen molar-refractivity contribution in [2.75, 3.05) is 10.6 Å². The number of rotatable bonds is 5. The van der Waals surface area contributed by atoms with E-state index in [1.807, 2.05) is 12.1 Å². The first-order valence-corrected chi connectivity index (χ1v) is 8.56. The summed E-state index contributed by atoms with van der Waals surface area (Å²) >= 11 is 0. The van der Waals surface area contributed by atoms with E-state index in [2.05, 4.69) is 10.6 Å². The molecule has 0 radical (unpaired) electrons. The van der Waals surface area contributed by atoms with Crippen molar-refractivity contribution < 1.29 is 19.5 Å². The zero-order chi connectivity index (χ0) is 18.5. The minimum absolute atomic E-state index is 0.0405. The number of amides is 2. The summed E-state index contributed by atoms with van der Waals surface area (Å²) < 4.78 is 0. The van der Waals surface area contributed by atoms with E-state index in [0.29, 0.717) is 29.8 Å². The highest BCUT2D eigenvalue weighted by atomic mass is 16.4. The van der Waals surface area contributed by atoms with Crippen LogP contribution in [0.15, 0.2) is 42.5 Å². The Morgan fingerprint density at radius 1 is 1.00 bits per heavy atom. The third-order valence-corrected chi connectivity index (χ3v) is 4.33. The van der Waals surface area contributed by atoms with Crippen LogP contribution in [0.2, 0.25) is 0 Å². The highest BCUT2D eigenvalue weighted by Gasteiger charge is 2.17. The molecule has 0 atom stereocenters. The largest absolute Gasteiger partial charge is 0.481 e. The molecule has 1 aliphatic rings. The molecule has 0 aromatic heterocycles. The Morgan fingerprint density at radius 2 is 1.77 bits per heavy atom. The fraction of sp³-hybridized carbons (Fsp3) is 0.250. The second-order valence-electron chi connectivity index (χ2n) is 6.32. The van der Waals surface area contributed by atoms with Crippen molar-refractivity contribution in [2.24, 2.45) is 0 Å². The number of carbonyl (C=O) groups excluding carboxylic acids is 2. The molecular weight excluding hydrogens is 332 g/mol. The number of Topliss-reactive ketones (excluding diaryl/α,β-unsaturated/α-hetero) is 1. The maximum Gasteiger partial charge on any atom is 0.323 e. The van der Waals surface area contributed by atoms with E-state index in [1.54, 1.807) is 30.3 Å². The molecule has 1 aliphatic carbocycles. The van der Waals surface area contributed by atoms with Crippen LogP contribution in [-0.4, -0.2) is 22.9 Å². The molecule has 3 rings (SSSR count). The lowest BCUT2D eigenvalue weighted by molar-refractivity contribution is -0.136.